The number of methoxy groups -OCH3 is 2. The molecule has 20 nitrogen and oxygen atoms in total. The van der Waals surface area contributed by atoms with Gasteiger partial charge in [-0.15, -0.1) is 0 Å². The number of halogens is 4. The minimum absolute atomic E-state index is 0. The monoisotopic (exact) mass is 1470 g/mol. The van der Waals surface area contributed by atoms with Crippen molar-refractivity contribution in [2.24, 2.45) is 0 Å². The minimum atomic E-state index is -4.65. The quantitative estimate of drug-likeness (QED) is 0.113. The summed E-state index contributed by atoms with van der Waals surface area (Å²) in [5, 5.41) is 0.643. The largest absolute Gasteiger partial charge is 0.493 e. The van der Waals surface area contributed by atoms with Crippen molar-refractivity contribution in [2.75, 3.05) is 93.1 Å². The van der Waals surface area contributed by atoms with Crippen molar-refractivity contribution in [3.8, 4) is 63.1 Å². The lowest BCUT2D eigenvalue weighted by Crippen LogP contribution is -2.50. The molecule has 6 fully saturated rings. The molecule has 1 unspecified atom stereocenters. The lowest BCUT2D eigenvalue weighted by Gasteiger charge is -2.45. The van der Waals surface area contributed by atoms with Crippen LogP contribution >= 0.6 is 11.6 Å². The van der Waals surface area contributed by atoms with Crippen LogP contribution in [0.5, 0.6) is 46.0 Å². The molecule has 106 heavy (non-hydrogen) atoms. The lowest BCUT2D eigenvalue weighted by molar-refractivity contribution is -0.139. The normalized spacial score (nSPS) is 20.3. The van der Waals surface area contributed by atoms with E-state index >= 15 is 0 Å². The van der Waals surface area contributed by atoms with Crippen LogP contribution in [0.3, 0.4) is 0 Å². The number of para-hydroxylation sites is 4. The van der Waals surface area contributed by atoms with Crippen molar-refractivity contribution in [1.29, 1.82) is 0 Å². The highest BCUT2D eigenvalue weighted by atomic mass is 35.5. The van der Waals surface area contributed by atoms with Crippen LogP contribution in [0.4, 0.5) is 13.2 Å². The third-order valence-electron chi connectivity index (χ3n) is 21.7. The molecule has 0 saturated carbocycles. The summed E-state index contributed by atoms with van der Waals surface area (Å²) in [5.74, 6) is 4.08. The van der Waals surface area contributed by atoms with Crippen LogP contribution in [-0.2, 0) is 37.2 Å². The second kappa shape index (κ2) is 29.3. The van der Waals surface area contributed by atoms with Crippen molar-refractivity contribution in [2.45, 2.75) is 105 Å². The van der Waals surface area contributed by atoms with Gasteiger partial charge in [0.05, 0.1) is 86.5 Å². The van der Waals surface area contributed by atoms with E-state index in [9.17, 15) is 27.6 Å². The molecule has 3 atom stereocenters. The van der Waals surface area contributed by atoms with Crippen molar-refractivity contribution < 1.29 is 81.1 Å². The SMILES string of the molecule is COc1cc(C(=O)N2CCC3(CC2)Oc2cc(Cl)ccc2-n2cccc23)ccc1O[C@@H]1CCOC1.COc1cc(C(=O)N2CCC3(CC2)Oc2ccccc2-n2cccc23)ccc1O[C@H]1CCOC1.O=C(c1ccc(OCC2CCCO2)c(C(F)(F)F)c1)N1CCC2(CC1)Oc1ccccc1-n1cccc12.[HH]. The first kappa shape index (κ1) is 70.3. The number of alkyl halides is 3. The first-order valence-corrected chi connectivity index (χ1v) is 36.7. The summed E-state index contributed by atoms with van der Waals surface area (Å²) < 4.78 is 112. The number of nitrogens with zero attached hydrogens (tertiary/aromatic N) is 6. The smallest absolute Gasteiger partial charge is 0.419 e. The predicted octanol–water partition coefficient (Wildman–Crippen LogP) is 14.8. The summed E-state index contributed by atoms with van der Waals surface area (Å²) in [6.45, 7) is 6.33. The van der Waals surface area contributed by atoms with E-state index in [2.05, 4.69) is 50.4 Å². The molecule has 9 aliphatic rings. The van der Waals surface area contributed by atoms with Gasteiger partial charge in [-0.2, -0.15) is 13.2 Å². The number of likely N-dealkylation sites (tertiary alicyclic amines) is 3. The molecule has 3 spiro atoms. The second-order valence-electron chi connectivity index (χ2n) is 28.1. The third kappa shape index (κ3) is 13.7. The van der Waals surface area contributed by atoms with Crippen LogP contribution in [0.1, 0.15) is 119 Å². The minimum Gasteiger partial charge on any atom is -0.493 e. The Morgan fingerprint density at radius 1 is 0.481 bits per heavy atom. The van der Waals surface area contributed by atoms with Crippen molar-refractivity contribution in [1.82, 2.24) is 28.4 Å². The van der Waals surface area contributed by atoms with Gasteiger partial charge in [-0.25, -0.2) is 0 Å². The zero-order valence-electron chi connectivity index (χ0n) is 58.9. The molecular formula is C82H84ClF3N6O14. The van der Waals surface area contributed by atoms with Crippen molar-refractivity contribution >= 4 is 29.3 Å². The maximum atomic E-state index is 13.8. The van der Waals surface area contributed by atoms with Gasteiger partial charge < -0.3 is 80.5 Å². The van der Waals surface area contributed by atoms with Crippen LogP contribution < -0.4 is 37.9 Å². The molecule has 12 heterocycles. The van der Waals surface area contributed by atoms with Gasteiger partial charge in [0.2, 0.25) is 0 Å². The van der Waals surface area contributed by atoms with Gasteiger partial charge in [0, 0.05) is 145 Å². The number of aromatic nitrogens is 3. The number of hydrogen-bond acceptors (Lipinski definition) is 14. The molecule has 0 radical (unpaired) electrons. The lowest BCUT2D eigenvalue weighted by atomic mass is 9.86. The molecule has 9 aromatic rings. The number of benzene rings is 6. The summed E-state index contributed by atoms with van der Waals surface area (Å²) in [6.07, 6.45) is 8.56. The average molecular weight is 1470 g/mol. The molecule has 0 aliphatic carbocycles. The average Bonchev–Trinajstić information content (AvgIpc) is 1.70. The molecule has 0 bridgehead atoms. The van der Waals surface area contributed by atoms with Crippen LogP contribution in [0.15, 0.2) is 176 Å². The van der Waals surface area contributed by atoms with Gasteiger partial charge in [0.1, 0.15) is 41.8 Å². The number of carbonyl (C=O) groups is 3. The Labute approximate surface area is 618 Å². The zero-order chi connectivity index (χ0) is 72.7. The maximum Gasteiger partial charge on any atom is 0.419 e. The molecule has 9 aliphatic heterocycles. The van der Waals surface area contributed by atoms with Gasteiger partial charge in [-0.3, -0.25) is 14.4 Å². The predicted molar refractivity (Wildman–Crippen MR) is 388 cm³/mol. The first-order chi connectivity index (χ1) is 51.6. The van der Waals surface area contributed by atoms with Crippen molar-refractivity contribution in [3.63, 3.8) is 0 Å². The number of piperidine rings is 3. The van der Waals surface area contributed by atoms with Crippen LogP contribution in [-0.4, -0.2) is 158 Å². The summed E-state index contributed by atoms with van der Waals surface area (Å²) >= 11 is 6.25. The molecule has 18 rings (SSSR count). The Morgan fingerprint density at radius 2 is 0.906 bits per heavy atom. The molecule has 3 amide bonds. The first-order valence-electron chi connectivity index (χ1n) is 36.3. The third-order valence-corrected chi connectivity index (χ3v) is 22.0. The molecule has 3 aromatic heterocycles. The number of amides is 3. The molecule has 24 heteroatoms. The highest BCUT2D eigenvalue weighted by Crippen LogP contribution is 2.50. The van der Waals surface area contributed by atoms with E-state index in [1.165, 1.54) is 12.1 Å². The van der Waals surface area contributed by atoms with E-state index in [1.54, 1.807) is 37.3 Å². The van der Waals surface area contributed by atoms with E-state index in [-0.39, 0.29) is 49.5 Å². The summed E-state index contributed by atoms with van der Waals surface area (Å²) in [7, 11) is 3.19. The van der Waals surface area contributed by atoms with E-state index in [4.69, 9.17) is 63.7 Å². The Bertz CT molecular complexity index is 4710. The molecule has 6 saturated heterocycles. The molecule has 554 valence electrons. The molecular weight excluding hydrogens is 1390 g/mol. The fourth-order valence-electron chi connectivity index (χ4n) is 16.1. The highest BCUT2D eigenvalue weighted by Gasteiger charge is 2.49. The van der Waals surface area contributed by atoms with Gasteiger partial charge >= 0.3 is 6.18 Å². The van der Waals surface area contributed by atoms with E-state index in [0.717, 1.165) is 96.0 Å². The Morgan fingerprint density at radius 3 is 1.32 bits per heavy atom. The number of fused-ring (bicyclic) bond motifs is 12. The molecule has 6 aromatic carbocycles. The van der Waals surface area contributed by atoms with Gasteiger partial charge in [0.25, 0.3) is 17.7 Å². The number of ether oxygens (including phenoxy) is 11. The van der Waals surface area contributed by atoms with Crippen LogP contribution in [0, 0.1) is 0 Å². The van der Waals surface area contributed by atoms with Gasteiger partial charge in [-0.1, -0.05) is 35.9 Å². The van der Waals surface area contributed by atoms with Crippen LogP contribution in [0.25, 0.3) is 17.1 Å². The van der Waals surface area contributed by atoms with Crippen LogP contribution in [0.2, 0.25) is 5.02 Å². The summed E-state index contributed by atoms with van der Waals surface area (Å²) in [5.41, 5.74) is 5.01. The Hall–Kier alpha value is -10.1. The van der Waals surface area contributed by atoms with Gasteiger partial charge in [0.15, 0.2) is 39.8 Å². The second-order valence-corrected chi connectivity index (χ2v) is 28.5. The standard InChI is InChI=1S/C28H27F3N2O4.C27H27ClN2O5.C27H28N2O5.H2/c29-28(30,31)21-17-19(9-10-23(21)36-18-20-5-4-16-35-20)26(34)32-14-11-27(12-15-32)25-8-3-13-33(25)22-6-1-2-7-24(22)37-27;1-32-24-15-18(4-7-22(24)34-20-8-14-33-17-20)26(31)29-12-9-27(10-13-29)25-3-2-11-30(25)21-6-5-19(28)16-23(21)35-27;1-31-24-17-19(8-9-23(24)33-20-10-16-32-18-20)26(30)28-14-11-27(12-15-28)25-7-4-13-29(25)21-5-2-3-6-22(21)34-27;/h1-3,6-10,13,17,20H,4-5,11-12,14-16,18H2;2-7,11,15-16,20H,8-10,12-14,17H2,1H3;2-9,13,17,20H,10-12,14-16,18H2,1H3;1H/t;2*20-;/m.10./s1. The number of rotatable bonds is 12. The summed E-state index contributed by atoms with van der Waals surface area (Å²) in [4.78, 5) is 45.4. The Kier molecular flexibility index (Phi) is 19.5. The van der Waals surface area contributed by atoms with Crippen molar-refractivity contribution in [3.05, 3.63) is 221 Å². The fraction of sp³-hybridized carbons (Fsp3) is 0.378. The number of carbonyl (C=O) groups excluding carboxylic acids is 3. The van der Waals surface area contributed by atoms with E-state index in [0.29, 0.717) is 137 Å². The zero-order valence-corrected chi connectivity index (χ0v) is 59.7. The summed E-state index contributed by atoms with van der Waals surface area (Å²) in [6, 6.07) is 48.3. The number of hydrogen-bond donors (Lipinski definition) is 0. The topological polar surface area (TPSA) is 177 Å². The fourth-order valence-corrected chi connectivity index (χ4v) is 16.3. The maximum absolute atomic E-state index is 13.8. The van der Waals surface area contributed by atoms with E-state index < -0.39 is 34.5 Å². The van der Waals surface area contributed by atoms with E-state index in [1.807, 2.05) is 113 Å². The Balaban J connectivity index is 0.000000128. The molecule has 0 N–H and O–H groups in total. The van der Waals surface area contributed by atoms with Gasteiger partial charge in [-0.05, 0) is 140 Å². The highest BCUT2D eigenvalue weighted by molar-refractivity contribution is 6.30.